The van der Waals surface area contributed by atoms with Gasteiger partial charge in [-0.05, 0) is 38.3 Å². The van der Waals surface area contributed by atoms with E-state index in [0.717, 1.165) is 25.0 Å². The summed E-state index contributed by atoms with van der Waals surface area (Å²) < 4.78 is 24.9. The van der Waals surface area contributed by atoms with E-state index in [4.69, 9.17) is 9.47 Å². The van der Waals surface area contributed by atoms with Crippen molar-refractivity contribution in [3.63, 3.8) is 0 Å². The van der Waals surface area contributed by atoms with Crippen molar-refractivity contribution < 1.29 is 18.7 Å². The van der Waals surface area contributed by atoms with Crippen LogP contribution in [0.3, 0.4) is 0 Å². The minimum absolute atomic E-state index is 0.0610. The Labute approximate surface area is 163 Å². The van der Waals surface area contributed by atoms with Gasteiger partial charge in [0.15, 0.2) is 11.6 Å². The number of halogens is 1. The molecule has 0 bridgehead atoms. The number of aromatic nitrogens is 2. The summed E-state index contributed by atoms with van der Waals surface area (Å²) in [6.45, 7) is 4.50. The van der Waals surface area contributed by atoms with E-state index in [9.17, 15) is 9.18 Å². The smallest absolute Gasteiger partial charge is 0.225 e. The van der Waals surface area contributed by atoms with Crippen molar-refractivity contribution in [1.29, 1.82) is 0 Å². The van der Waals surface area contributed by atoms with Gasteiger partial charge in [0.05, 0.1) is 0 Å². The molecule has 0 spiro atoms. The summed E-state index contributed by atoms with van der Waals surface area (Å²) in [7, 11) is 0. The fraction of sp³-hybridized carbons (Fsp3) is 0.476. The van der Waals surface area contributed by atoms with Crippen molar-refractivity contribution in [2.75, 3.05) is 26.3 Å². The fourth-order valence-electron chi connectivity index (χ4n) is 3.81. The van der Waals surface area contributed by atoms with Crippen LogP contribution in [0.1, 0.15) is 36.7 Å². The quantitative estimate of drug-likeness (QED) is 0.807. The topological polar surface area (TPSA) is 64.5 Å². The number of hydrogen-bond acceptors (Lipinski definition) is 5. The van der Waals surface area contributed by atoms with Gasteiger partial charge in [0.25, 0.3) is 0 Å². The van der Waals surface area contributed by atoms with E-state index in [-0.39, 0.29) is 23.5 Å². The molecule has 2 fully saturated rings. The van der Waals surface area contributed by atoms with Crippen molar-refractivity contribution in [3.05, 3.63) is 47.7 Å². The van der Waals surface area contributed by atoms with Crippen LogP contribution in [-0.4, -0.2) is 47.1 Å². The number of nitrogens with zero attached hydrogens (tertiary/aromatic N) is 3. The van der Waals surface area contributed by atoms with Crippen LogP contribution in [0.5, 0.6) is 11.6 Å². The van der Waals surface area contributed by atoms with E-state index in [1.165, 1.54) is 6.07 Å². The van der Waals surface area contributed by atoms with Crippen LogP contribution in [0.15, 0.2) is 30.3 Å². The zero-order chi connectivity index (χ0) is 19.5. The largest absolute Gasteiger partial charge is 0.436 e. The molecule has 28 heavy (non-hydrogen) atoms. The molecule has 148 valence electrons. The Morgan fingerprint density at radius 3 is 2.79 bits per heavy atom. The summed E-state index contributed by atoms with van der Waals surface area (Å²) in [6, 6.07) is 7.93. The molecule has 1 amide bonds. The van der Waals surface area contributed by atoms with Gasteiger partial charge in [-0.1, -0.05) is 12.1 Å². The minimum Gasteiger partial charge on any atom is -0.436 e. The third kappa shape index (κ3) is 4.14. The van der Waals surface area contributed by atoms with E-state index in [1.807, 2.05) is 11.8 Å². The van der Waals surface area contributed by atoms with Crippen molar-refractivity contribution in [2.45, 2.75) is 32.1 Å². The summed E-state index contributed by atoms with van der Waals surface area (Å²) in [5, 5.41) is 0. The SMILES string of the molecule is Cc1cc(Oc2ccccc2F)nc([C@@H]2CCN(C(=O)C3CCOCC3)C2)n1. The molecule has 4 rings (SSSR count). The molecule has 2 aliphatic rings. The number of ether oxygens (including phenoxy) is 2. The molecule has 3 heterocycles. The second-order valence-corrected chi connectivity index (χ2v) is 7.39. The number of carbonyl (C=O) groups excluding carboxylic acids is 1. The van der Waals surface area contributed by atoms with Crippen molar-refractivity contribution in [1.82, 2.24) is 14.9 Å². The highest BCUT2D eigenvalue weighted by Crippen LogP contribution is 2.30. The van der Waals surface area contributed by atoms with Gasteiger partial charge in [-0.15, -0.1) is 0 Å². The average Bonchev–Trinajstić information content (AvgIpc) is 3.20. The second kappa shape index (κ2) is 8.22. The number of hydrogen-bond donors (Lipinski definition) is 0. The summed E-state index contributed by atoms with van der Waals surface area (Å²) >= 11 is 0. The molecule has 7 heteroatoms. The van der Waals surface area contributed by atoms with Gasteiger partial charge >= 0.3 is 0 Å². The maximum absolute atomic E-state index is 13.9. The van der Waals surface area contributed by atoms with Gasteiger partial charge in [-0.25, -0.2) is 9.37 Å². The van der Waals surface area contributed by atoms with Crippen molar-refractivity contribution in [3.8, 4) is 11.6 Å². The Bertz CT molecular complexity index is 855. The minimum atomic E-state index is -0.436. The third-order valence-electron chi connectivity index (χ3n) is 5.33. The Hall–Kier alpha value is -2.54. The molecule has 2 aromatic rings. The van der Waals surface area contributed by atoms with Gasteiger partial charge < -0.3 is 14.4 Å². The van der Waals surface area contributed by atoms with Crippen LogP contribution in [-0.2, 0) is 9.53 Å². The highest BCUT2D eigenvalue weighted by atomic mass is 19.1. The lowest BCUT2D eigenvalue weighted by Crippen LogP contribution is -2.37. The number of benzene rings is 1. The maximum Gasteiger partial charge on any atom is 0.225 e. The zero-order valence-electron chi connectivity index (χ0n) is 15.9. The maximum atomic E-state index is 13.9. The first kappa shape index (κ1) is 18.8. The summed E-state index contributed by atoms with van der Waals surface area (Å²) in [5.74, 6) is 0.998. The normalized spacial score (nSPS) is 20.4. The van der Waals surface area contributed by atoms with E-state index in [1.54, 1.807) is 24.3 Å². The molecule has 0 radical (unpaired) electrons. The van der Waals surface area contributed by atoms with E-state index in [2.05, 4.69) is 9.97 Å². The van der Waals surface area contributed by atoms with Crippen LogP contribution in [0.2, 0.25) is 0 Å². The van der Waals surface area contributed by atoms with E-state index >= 15 is 0 Å². The van der Waals surface area contributed by atoms with Crippen LogP contribution >= 0.6 is 0 Å². The first-order chi connectivity index (χ1) is 13.6. The molecule has 0 unspecified atom stereocenters. The standard InChI is InChI=1S/C21H24FN3O3/c1-14-12-19(28-18-5-3-2-4-17(18)22)24-20(23-14)16-6-9-25(13-16)21(26)15-7-10-27-11-8-15/h2-5,12,15-16H,6-11,13H2,1H3/t16-/m1/s1. The molecular weight excluding hydrogens is 361 g/mol. The van der Waals surface area contributed by atoms with Gasteiger partial charge in [0, 0.05) is 49.9 Å². The second-order valence-electron chi connectivity index (χ2n) is 7.39. The lowest BCUT2D eigenvalue weighted by Gasteiger charge is -2.26. The molecule has 2 saturated heterocycles. The zero-order valence-corrected chi connectivity index (χ0v) is 15.9. The molecule has 0 saturated carbocycles. The first-order valence-corrected chi connectivity index (χ1v) is 9.74. The van der Waals surface area contributed by atoms with Crippen LogP contribution in [0, 0.1) is 18.7 Å². The number of likely N-dealkylation sites (tertiary alicyclic amines) is 1. The average molecular weight is 385 g/mol. The molecule has 6 nitrogen and oxygen atoms in total. The molecule has 1 atom stereocenters. The predicted octanol–water partition coefficient (Wildman–Crippen LogP) is 3.46. The monoisotopic (exact) mass is 385 g/mol. The number of para-hydroxylation sites is 1. The van der Waals surface area contributed by atoms with Crippen LogP contribution in [0.25, 0.3) is 0 Å². The van der Waals surface area contributed by atoms with Gasteiger partial charge in [0.1, 0.15) is 5.82 Å². The highest BCUT2D eigenvalue weighted by Gasteiger charge is 2.33. The number of amides is 1. The molecule has 0 aliphatic carbocycles. The van der Waals surface area contributed by atoms with Crippen LogP contribution in [0.4, 0.5) is 4.39 Å². The Kier molecular flexibility index (Phi) is 5.52. The van der Waals surface area contributed by atoms with Gasteiger partial charge in [-0.2, -0.15) is 4.98 Å². The van der Waals surface area contributed by atoms with Gasteiger partial charge in [-0.3, -0.25) is 4.79 Å². The molecule has 1 aromatic carbocycles. The predicted molar refractivity (Wildman–Crippen MR) is 101 cm³/mol. The number of aryl methyl sites for hydroxylation is 1. The Morgan fingerprint density at radius 1 is 1.21 bits per heavy atom. The van der Waals surface area contributed by atoms with Crippen molar-refractivity contribution >= 4 is 5.91 Å². The summed E-state index contributed by atoms with van der Waals surface area (Å²) in [4.78, 5) is 23.7. The molecule has 1 aromatic heterocycles. The van der Waals surface area contributed by atoms with Gasteiger partial charge in [0.2, 0.25) is 11.8 Å². The lowest BCUT2D eigenvalue weighted by molar-refractivity contribution is -0.137. The van der Waals surface area contributed by atoms with Crippen molar-refractivity contribution in [2.24, 2.45) is 5.92 Å². The summed E-state index contributed by atoms with van der Waals surface area (Å²) in [5.41, 5.74) is 0.755. The highest BCUT2D eigenvalue weighted by molar-refractivity contribution is 5.79. The lowest BCUT2D eigenvalue weighted by atomic mass is 9.99. The third-order valence-corrected chi connectivity index (χ3v) is 5.33. The molecule has 2 aliphatic heterocycles. The Morgan fingerprint density at radius 2 is 2.00 bits per heavy atom. The van der Waals surface area contributed by atoms with E-state index in [0.29, 0.717) is 38.0 Å². The Balaban J connectivity index is 1.46. The first-order valence-electron chi connectivity index (χ1n) is 9.74. The van der Waals surface area contributed by atoms with E-state index < -0.39 is 5.82 Å². The fourth-order valence-corrected chi connectivity index (χ4v) is 3.81. The summed E-state index contributed by atoms with van der Waals surface area (Å²) in [6.07, 6.45) is 2.40. The van der Waals surface area contributed by atoms with Crippen LogP contribution < -0.4 is 4.74 Å². The molecule has 0 N–H and O–H groups in total. The molecular formula is C21H24FN3O3. The number of carbonyl (C=O) groups is 1. The number of rotatable bonds is 4.